The number of aromatic nitrogens is 1. The molecule has 0 radical (unpaired) electrons. The van der Waals surface area contributed by atoms with E-state index in [2.05, 4.69) is 4.98 Å². The van der Waals surface area contributed by atoms with E-state index in [1.807, 2.05) is 17.0 Å². The summed E-state index contributed by atoms with van der Waals surface area (Å²) in [4.78, 5) is 18.7. The van der Waals surface area contributed by atoms with Gasteiger partial charge >= 0.3 is 0 Å². The van der Waals surface area contributed by atoms with E-state index in [1.165, 1.54) is 4.88 Å². The first-order chi connectivity index (χ1) is 8.24. The molecule has 1 aliphatic rings. The van der Waals surface area contributed by atoms with Gasteiger partial charge < -0.3 is 4.90 Å². The Morgan fingerprint density at radius 3 is 3.12 bits per heavy atom. The highest BCUT2D eigenvalue weighted by Crippen LogP contribution is 2.30. The lowest BCUT2D eigenvalue weighted by Crippen LogP contribution is -2.23. The van der Waals surface area contributed by atoms with Crippen LogP contribution in [0, 0.1) is 0 Å². The van der Waals surface area contributed by atoms with Crippen molar-refractivity contribution in [3.63, 3.8) is 0 Å². The summed E-state index contributed by atoms with van der Waals surface area (Å²) >= 11 is 7.71. The van der Waals surface area contributed by atoms with Gasteiger partial charge in [0.2, 0.25) is 5.91 Å². The Morgan fingerprint density at radius 1 is 1.53 bits per heavy atom. The molecule has 0 bridgehead atoms. The van der Waals surface area contributed by atoms with E-state index in [0.717, 1.165) is 23.1 Å². The first-order valence-electron chi connectivity index (χ1n) is 5.55. The van der Waals surface area contributed by atoms with Crippen molar-refractivity contribution in [2.45, 2.75) is 19.4 Å². The van der Waals surface area contributed by atoms with Gasteiger partial charge in [0, 0.05) is 34.1 Å². The summed E-state index contributed by atoms with van der Waals surface area (Å²) in [5.74, 6) is 0.256. The summed E-state index contributed by atoms with van der Waals surface area (Å²) in [6.45, 7) is 1.58. The van der Waals surface area contributed by atoms with Crippen molar-refractivity contribution >= 4 is 38.9 Å². The molecule has 2 aromatic rings. The first-order valence-corrected chi connectivity index (χ1v) is 6.74. The Kier molecular flexibility index (Phi) is 2.76. The fourth-order valence-corrected chi connectivity index (χ4v) is 3.46. The van der Waals surface area contributed by atoms with Gasteiger partial charge in [-0.1, -0.05) is 11.6 Å². The van der Waals surface area contributed by atoms with Gasteiger partial charge in [0.25, 0.3) is 0 Å². The molecule has 0 atom stereocenters. The average Bonchev–Trinajstić information content (AvgIpc) is 2.87. The minimum Gasteiger partial charge on any atom is -0.338 e. The number of fused-ring (bicyclic) bond motifs is 1. The van der Waals surface area contributed by atoms with Crippen molar-refractivity contribution < 1.29 is 4.79 Å². The van der Waals surface area contributed by atoms with Crippen LogP contribution in [0.15, 0.2) is 18.3 Å². The number of rotatable bonds is 2. The Bertz CT molecular complexity index is 581. The average molecular weight is 267 g/mol. The zero-order valence-corrected chi connectivity index (χ0v) is 10.7. The minimum absolute atomic E-state index is 0.256. The van der Waals surface area contributed by atoms with Crippen LogP contribution in [-0.2, 0) is 11.3 Å². The molecule has 1 amide bonds. The molecule has 17 heavy (non-hydrogen) atoms. The van der Waals surface area contributed by atoms with Gasteiger partial charge in [0.05, 0.1) is 6.54 Å². The number of carbonyl (C=O) groups excluding carboxylic acids is 1. The molecule has 1 fully saturated rings. The highest BCUT2D eigenvalue weighted by Gasteiger charge is 2.20. The summed E-state index contributed by atoms with van der Waals surface area (Å²) in [7, 11) is 0. The number of nitrogens with zero attached hydrogens (tertiary/aromatic N) is 2. The molecule has 1 saturated heterocycles. The lowest BCUT2D eigenvalue weighted by atomic mass is 10.3. The lowest BCUT2D eigenvalue weighted by Gasteiger charge is -2.13. The van der Waals surface area contributed by atoms with E-state index < -0.39 is 0 Å². The molecule has 3 heterocycles. The van der Waals surface area contributed by atoms with Gasteiger partial charge in [0.1, 0.15) is 5.15 Å². The zero-order chi connectivity index (χ0) is 11.8. The normalized spacial score (nSPS) is 16.1. The molecule has 5 heteroatoms. The summed E-state index contributed by atoms with van der Waals surface area (Å²) in [6.07, 6.45) is 3.38. The standard InChI is InChI=1S/C12H11ClN2OS/c13-12-9-6-8(17-10(9)3-4-14-12)7-15-5-1-2-11(15)16/h3-4,6H,1-2,5,7H2. The number of carbonyl (C=O) groups is 1. The van der Waals surface area contributed by atoms with E-state index in [1.54, 1.807) is 17.5 Å². The Balaban J connectivity index is 1.91. The molecule has 0 aliphatic carbocycles. The monoisotopic (exact) mass is 266 g/mol. The molecule has 0 unspecified atom stereocenters. The van der Waals surface area contributed by atoms with Gasteiger partial charge in [-0.25, -0.2) is 4.98 Å². The second-order valence-corrected chi connectivity index (χ2v) is 5.67. The highest BCUT2D eigenvalue weighted by molar-refractivity contribution is 7.19. The van der Waals surface area contributed by atoms with Gasteiger partial charge in [-0.05, 0) is 18.6 Å². The zero-order valence-electron chi connectivity index (χ0n) is 9.15. The Labute approximate surface area is 108 Å². The van der Waals surface area contributed by atoms with Crippen LogP contribution in [0.25, 0.3) is 10.1 Å². The third-order valence-electron chi connectivity index (χ3n) is 2.97. The summed E-state index contributed by atoms with van der Waals surface area (Å²) in [6, 6.07) is 4.00. The van der Waals surface area contributed by atoms with Crippen LogP contribution in [0.1, 0.15) is 17.7 Å². The van der Waals surface area contributed by atoms with Crippen LogP contribution in [-0.4, -0.2) is 22.3 Å². The summed E-state index contributed by atoms with van der Waals surface area (Å²) in [5.41, 5.74) is 0. The summed E-state index contributed by atoms with van der Waals surface area (Å²) in [5, 5.41) is 1.53. The first kappa shape index (κ1) is 11.0. The van der Waals surface area contributed by atoms with Crippen molar-refractivity contribution in [3.8, 4) is 0 Å². The fraction of sp³-hybridized carbons (Fsp3) is 0.333. The smallest absolute Gasteiger partial charge is 0.222 e. The van der Waals surface area contributed by atoms with Crippen molar-refractivity contribution in [1.29, 1.82) is 0 Å². The number of hydrogen-bond acceptors (Lipinski definition) is 3. The maximum Gasteiger partial charge on any atom is 0.222 e. The number of likely N-dealkylation sites (tertiary alicyclic amines) is 1. The van der Waals surface area contributed by atoms with Crippen molar-refractivity contribution in [3.05, 3.63) is 28.4 Å². The van der Waals surface area contributed by atoms with Crippen LogP contribution in [0.5, 0.6) is 0 Å². The largest absolute Gasteiger partial charge is 0.338 e. The molecule has 0 aromatic carbocycles. The van der Waals surface area contributed by atoms with E-state index in [0.29, 0.717) is 18.1 Å². The fourth-order valence-electron chi connectivity index (χ4n) is 2.12. The lowest BCUT2D eigenvalue weighted by molar-refractivity contribution is -0.128. The number of halogens is 1. The second kappa shape index (κ2) is 4.27. The topological polar surface area (TPSA) is 33.2 Å². The third kappa shape index (κ3) is 2.03. The van der Waals surface area contributed by atoms with Crippen molar-refractivity contribution in [1.82, 2.24) is 9.88 Å². The van der Waals surface area contributed by atoms with Crippen LogP contribution >= 0.6 is 22.9 Å². The van der Waals surface area contributed by atoms with Crippen LogP contribution in [0.4, 0.5) is 0 Å². The SMILES string of the molecule is O=C1CCCN1Cc1cc2c(Cl)nccc2s1. The Morgan fingerprint density at radius 2 is 2.41 bits per heavy atom. The molecular weight excluding hydrogens is 256 g/mol. The number of thiophene rings is 1. The summed E-state index contributed by atoms with van der Waals surface area (Å²) < 4.78 is 1.13. The Hall–Kier alpha value is -1.13. The highest BCUT2D eigenvalue weighted by atomic mass is 35.5. The van der Waals surface area contributed by atoms with E-state index in [4.69, 9.17) is 11.6 Å². The predicted octanol–water partition coefficient (Wildman–Crippen LogP) is 3.07. The number of amides is 1. The number of hydrogen-bond donors (Lipinski definition) is 0. The molecule has 0 saturated carbocycles. The molecule has 3 rings (SSSR count). The molecule has 0 spiro atoms. The second-order valence-electron chi connectivity index (χ2n) is 4.15. The molecular formula is C12H11ClN2OS. The quantitative estimate of drug-likeness (QED) is 0.783. The molecule has 0 N–H and O–H groups in total. The van der Waals surface area contributed by atoms with Crippen LogP contribution < -0.4 is 0 Å². The molecule has 1 aliphatic heterocycles. The van der Waals surface area contributed by atoms with Gasteiger partial charge in [-0.2, -0.15) is 0 Å². The van der Waals surface area contributed by atoms with Crippen LogP contribution in [0.3, 0.4) is 0 Å². The molecule has 2 aromatic heterocycles. The maximum atomic E-state index is 11.6. The molecule has 3 nitrogen and oxygen atoms in total. The van der Waals surface area contributed by atoms with Crippen molar-refractivity contribution in [2.24, 2.45) is 0 Å². The van der Waals surface area contributed by atoms with Gasteiger partial charge in [-0.15, -0.1) is 11.3 Å². The van der Waals surface area contributed by atoms with Crippen LogP contribution in [0.2, 0.25) is 5.15 Å². The number of pyridine rings is 1. The van der Waals surface area contributed by atoms with Crippen molar-refractivity contribution in [2.75, 3.05) is 6.54 Å². The maximum absolute atomic E-state index is 11.6. The van der Waals surface area contributed by atoms with E-state index >= 15 is 0 Å². The van der Waals surface area contributed by atoms with Gasteiger partial charge in [0.15, 0.2) is 0 Å². The minimum atomic E-state index is 0.256. The van der Waals surface area contributed by atoms with Gasteiger partial charge in [-0.3, -0.25) is 4.79 Å². The van der Waals surface area contributed by atoms with E-state index in [-0.39, 0.29) is 5.91 Å². The predicted molar refractivity (Wildman–Crippen MR) is 69.3 cm³/mol. The molecule has 88 valence electrons. The third-order valence-corrected chi connectivity index (χ3v) is 4.35. The van der Waals surface area contributed by atoms with E-state index in [9.17, 15) is 4.79 Å².